The smallest absolute Gasteiger partial charge is 0.378 e. The molecular weight excluding hydrogens is 443 g/mol. The van der Waals surface area contributed by atoms with Crippen molar-refractivity contribution < 1.29 is 22.7 Å². The van der Waals surface area contributed by atoms with Gasteiger partial charge in [0.2, 0.25) is 0 Å². The van der Waals surface area contributed by atoms with Crippen molar-refractivity contribution in [3.63, 3.8) is 0 Å². The number of carbonyl (C=O) groups excluding carboxylic acids is 1. The molecule has 1 aliphatic rings. The topological polar surface area (TPSA) is 80.2 Å². The van der Waals surface area contributed by atoms with Crippen LogP contribution in [0.4, 0.5) is 29.8 Å². The highest BCUT2D eigenvalue weighted by molar-refractivity contribution is 7.15. The van der Waals surface area contributed by atoms with Crippen LogP contribution >= 0.6 is 11.3 Å². The van der Waals surface area contributed by atoms with E-state index in [9.17, 15) is 18.0 Å². The third kappa shape index (κ3) is 5.60. The number of Topliss-reactive ketones (excluding diaryl/α,β-unsaturated/α-hetero) is 1. The van der Waals surface area contributed by atoms with Gasteiger partial charge in [0, 0.05) is 42.3 Å². The Morgan fingerprint density at radius 2 is 1.88 bits per heavy atom. The van der Waals surface area contributed by atoms with Crippen molar-refractivity contribution in [2.45, 2.75) is 19.0 Å². The average Bonchev–Trinajstić information content (AvgIpc) is 3.25. The van der Waals surface area contributed by atoms with Crippen molar-refractivity contribution >= 4 is 33.8 Å². The average molecular weight is 463 g/mol. The van der Waals surface area contributed by atoms with Crippen molar-refractivity contribution in [3.8, 4) is 0 Å². The van der Waals surface area contributed by atoms with Crippen LogP contribution in [0.25, 0.3) is 0 Å². The Kier molecular flexibility index (Phi) is 6.66. The van der Waals surface area contributed by atoms with E-state index in [0.717, 1.165) is 30.1 Å². The summed E-state index contributed by atoms with van der Waals surface area (Å²) >= 11 is 1.35. The highest BCUT2D eigenvalue weighted by Gasteiger charge is 2.30. The second kappa shape index (κ2) is 9.61. The van der Waals surface area contributed by atoms with E-state index in [2.05, 4.69) is 25.2 Å². The summed E-state index contributed by atoms with van der Waals surface area (Å²) in [7, 11) is 0. The van der Waals surface area contributed by atoms with Gasteiger partial charge in [0.1, 0.15) is 17.8 Å². The maximum absolute atomic E-state index is 12.7. The maximum atomic E-state index is 12.7. The molecule has 168 valence electrons. The summed E-state index contributed by atoms with van der Waals surface area (Å²) < 4.78 is 43.3. The van der Waals surface area contributed by atoms with Gasteiger partial charge in [-0.1, -0.05) is 0 Å². The zero-order valence-corrected chi connectivity index (χ0v) is 17.7. The number of nitrogens with one attached hydrogen (secondary N) is 1. The van der Waals surface area contributed by atoms with Crippen molar-refractivity contribution in [2.24, 2.45) is 0 Å². The molecule has 1 N–H and O–H groups in total. The molecule has 3 aromatic rings. The van der Waals surface area contributed by atoms with Crippen LogP contribution in [0.3, 0.4) is 0 Å². The Morgan fingerprint density at radius 3 is 2.59 bits per heavy atom. The fourth-order valence-electron chi connectivity index (χ4n) is 3.18. The summed E-state index contributed by atoms with van der Waals surface area (Å²) in [6, 6.07) is 6.45. The number of rotatable bonds is 7. The van der Waals surface area contributed by atoms with Gasteiger partial charge in [-0.2, -0.15) is 13.2 Å². The molecule has 11 heteroatoms. The Balaban J connectivity index is 1.32. The lowest BCUT2D eigenvalue weighted by atomic mass is 10.1. The zero-order valence-electron chi connectivity index (χ0n) is 16.9. The number of carbonyl (C=O) groups is 1. The Hall–Kier alpha value is -3.05. The summed E-state index contributed by atoms with van der Waals surface area (Å²) in [5.74, 6) is 0.625. The second-order valence-corrected chi connectivity index (χ2v) is 8.23. The molecule has 1 fully saturated rings. The quantitative estimate of drug-likeness (QED) is 0.522. The molecule has 7 nitrogen and oxygen atoms in total. The molecule has 3 heterocycles. The lowest BCUT2D eigenvalue weighted by molar-refractivity contribution is -0.137. The van der Waals surface area contributed by atoms with E-state index in [1.165, 1.54) is 29.8 Å². The van der Waals surface area contributed by atoms with Gasteiger partial charge in [-0.15, -0.1) is 11.3 Å². The fraction of sp³-hybridized carbons (Fsp3) is 0.333. The third-order valence-corrected chi connectivity index (χ3v) is 5.86. The monoisotopic (exact) mass is 463 g/mol. The molecule has 2 aromatic heterocycles. The number of aryl methyl sites for hydroxylation is 1. The molecule has 0 atom stereocenters. The summed E-state index contributed by atoms with van der Waals surface area (Å²) in [5.41, 5.74) is 0.170. The van der Waals surface area contributed by atoms with E-state index < -0.39 is 11.7 Å². The van der Waals surface area contributed by atoms with Gasteiger partial charge in [-0.3, -0.25) is 4.79 Å². The number of alkyl halides is 3. The van der Waals surface area contributed by atoms with Crippen LogP contribution < -0.4 is 10.2 Å². The summed E-state index contributed by atoms with van der Waals surface area (Å²) in [6.07, 6.45) is -0.560. The van der Waals surface area contributed by atoms with E-state index in [0.29, 0.717) is 42.0 Å². The van der Waals surface area contributed by atoms with Crippen LogP contribution in [-0.4, -0.2) is 47.0 Å². The molecule has 0 radical (unpaired) electrons. The van der Waals surface area contributed by atoms with Crippen LogP contribution in [0.15, 0.2) is 42.9 Å². The van der Waals surface area contributed by atoms with Gasteiger partial charge in [-0.25, -0.2) is 15.0 Å². The molecule has 0 bridgehead atoms. The lowest BCUT2D eigenvalue weighted by Gasteiger charge is -2.27. The molecule has 32 heavy (non-hydrogen) atoms. The minimum Gasteiger partial charge on any atom is -0.378 e. The first-order valence-electron chi connectivity index (χ1n) is 9.95. The minimum atomic E-state index is -4.37. The molecule has 0 saturated carbocycles. The predicted molar refractivity (Wildman–Crippen MR) is 115 cm³/mol. The van der Waals surface area contributed by atoms with Gasteiger partial charge in [0.15, 0.2) is 10.9 Å². The van der Waals surface area contributed by atoms with E-state index in [-0.39, 0.29) is 12.2 Å². The number of ether oxygens (including phenoxy) is 1. The van der Waals surface area contributed by atoms with Crippen LogP contribution in [0.1, 0.15) is 27.3 Å². The highest BCUT2D eigenvalue weighted by Crippen LogP contribution is 2.31. The Bertz CT molecular complexity index is 1070. The van der Waals surface area contributed by atoms with Crippen LogP contribution in [0.2, 0.25) is 0 Å². The molecule has 0 spiro atoms. The molecule has 1 aliphatic heterocycles. The van der Waals surface area contributed by atoms with Crippen molar-refractivity contribution in [3.05, 3.63) is 59.0 Å². The molecule has 0 unspecified atom stereocenters. The van der Waals surface area contributed by atoms with Crippen molar-refractivity contribution in [1.82, 2.24) is 15.0 Å². The van der Waals surface area contributed by atoms with E-state index in [1.54, 1.807) is 12.3 Å². The molecule has 0 aliphatic carbocycles. The fourth-order valence-corrected chi connectivity index (χ4v) is 4.01. The van der Waals surface area contributed by atoms with Gasteiger partial charge in [-0.05, 0) is 30.7 Å². The minimum absolute atomic E-state index is 0.0902. The Morgan fingerprint density at radius 1 is 1.12 bits per heavy atom. The molecule has 1 aromatic carbocycles. The number of benzene rings is 1. The standard InChI is InChI=1S/C21H20F3N5O2S/c22-21(23,24)14-1-3-15(4-2-14)28-20-25-12-16(32-20)5-6-18(30)17-11-19(27-13-26-17)29-7-9-31-10-8-29/h1-4,11-13H,5-10H2,(H,25,28). The predicted octanol–water partition coefficient (Wildman–Crippen LogP) is 4.35. The number of morpholine rings is 1. The van der Waals surface area contributed by atoms with Crippen LogP contribution in [0, 0.1) is 0 Å². The number of thiazole rings is 1. The van der Waals surface area contributed by atoms with Crippen LogP contribution in [0.5, 0.6) is 0 Å². The van der Waals surface area contributed by atoms with Gasteiger partial charge in [0.25, 0.3) is 0 Å². The number of halogens is 3. The van der Waals surface area contributed by atoms with E-state index >= 15 is 0 Å². The second-order valence-electron chi connectivity index (χ2n) is 7.12. The number of ketones is 1. The SMILES string of the molecule is O=C(CCc1cnc(Nc2ccc(C(F)(F)F)cc2)s1)c1cc(N2CCOCC2)ncn1. The molecule has 4 rings (SSSR count). The first-order valence-corrected chi connectivity index (χ1v) is 10.8. The Labute approximate surface area is 186 Å². The molecule has 0 amide bonds. The number of hydrogen-bond donors (Lipinski definition) is 1. The van der Waals surface area contributed by atoms with E-state index in [4.69, 9.17) is 4.74 Å². The highest BCUT2D eigenvalue weighted by atomic mass is 32.1. The van der Waals surface area contributed by atoms with Crippen molar-refractivity contribution in [1.29, 1.82) is 0 Å². The summed E-state index contributed by atoms with van der Waals surface area (Å²) in [5, 5.41) is 3.53. The number of hydrogen-bond acceptors (Lipinski definition) is 8. The molecular formula is C21H20F3N5O2S. The molecule has 1 saturated heterocycles. The number of nitrogens with zero attached hydrogens (tertiary/aromatic N) is 4. The summed E-state index contributed by atoms with van der Waals surface area (Å²) in [6.45, 7) is 2.70. The van der Waals surface area contributed by atoms with Crippen LogP contribution in [-0.2, 0) is 17.3 Å². The van der Waals surface area contributed by atoms with Gasteiger partial charge in [0.05, 0.1) is 18.8 Å². The lowest BCUT2D eigenvalue weighted by Crippen LogP contribution is -2.36. The van der Waals surface area contributed by atoms with Gasteiger partial charge >= 0.3 is 6.18 Å². The van der Waals surface area contributed by atoms with Gasteiger partial charge < -0.3 is 15.0 Å². The number of aromatic nitrogens is 3. The van der Waals surface area contributed by atoms with Crippen molar-refractivity contribution in [2.75, 3.05) is 36.5 Å². The number of anilines is 3. The van der Waals surface area contributed by atoms with E-state index in [1.807, 2.05) is 0 Å². The zero-order chi connectivity index (χ0) is 22.6. The largest absolute Gasteiger partial charge is 0.416 e. The summed E-state index contributed by atoms with van der Waals surface area (Å²) in [4.78, 5) is 28.2. The normalized spacial score (nSPS) is 14.4. The maximum Gasteiger partial charge on any atom is 0.416 e. The first-order chi connectivity index (χ1) is 15.4. The first kappa shape index (κ1) is 22.2. The third-order valence-electron chi connectivity index (χ3n) is 4.89.